The Balaban J connectivity index is 1.99. The Morgan fingerprint density at radius 3 is 2.68 bits per heavy atom. The Morgan fingerprint density at radius 2 is 2.05 bits per heavy atom. The summed E-state index contributed by atoms with van der Waals surface area (Å²) in [5.41, 5.74) is 6.79. The fraction of sp³-hybridized carbons (Fsp3) is 0.462. The molecule has 19 heavy (non-hydrogen) atoms. The van der Waals surface area contributed by atoms with Gasteiger partial charge in [0.25, 0.3) is 0 Å². The van der Waals surface area contributed by atoms with E-state index in [9.17, 15) is 13.2 Å². The molecule has 6 heteroatoms. The molecule has 0 atom stereocenters. The highest BCUT2D eigenvalue weighted by Crippen LogP contribution is 2.37. The summed E-state index contributed by atoms with van der Waals surface area (Å²) in [6.45, 7) is 0. The molecule has 2 aromatic heterocycles. The minimum Gasteiger partial charge on any atom is -0.325 e. The molecular weight excluding hydrogens is 255 g/mol. The molecule has 0 spiro atoms. The van der Waals surface area contributed by atoms with Crippen molar-refractivity contribution in [1.82, 2.24) is 9.38 Å². The summed E-state index contributed by atoms with van der Waals surface area (Å²) < 4.78 is 39.8. The van der Waals surface area contributed by atoms with Gasteiger partial charge in [-0.25, -0.2) is 4.98 Å². The third-order valence-corrected chi connectivity index (χ3v) is 3.63. The van der Waals surface area contributed by atoms with Crippen LogP contribution in [0.1, 0.15) is 30.8 Å². The molecule has 0 bridgehead atoms. The van der Waals surface area contributed by atoms with Gasteiger partial charge in [-0.15, -0.1) is 0 Å². The summed E-state index contributed by atoms with van der Waals surface area (Å²) in [5.74, 6) is -0.861. The molecule has 0 saturated heterocycles. The summed E-state index contributed by atoms with van der Waals surface area (Å²) in [4.78, 5) is 3.77. The Bertz CT molecular complexity index is 611. The van der Waals surface area contributed by atoms with E-state index in [0.717, 1.165) is 17.2 Å². The fourth-order valence-electron chi connectivity index (χ4n) is 2.26. The van der Waals surface area contributed by atoms with Gasteiger partial charge < -0.3 is 5.73 Å². The first-order valence-corrected chi connectivity index (χ1v) is 6.21. The molecule has 3 nitrogen and oxygen atoms in total. The number of rotatable bonds is 3. The Morgan fingerprint density at radius 1 is 1.32 bits per heavy atom. The lowest BCUT2D eigenvalue weighted by Crippen LogP contribution is -2.22. The van der Waals surface area contributed by atoms with Crippen LogP contribution in [0.4, 0.5) is 13.2 Å². The zero-order valence-electron chi connectivity index (χ0n) is 10.2. The van der Waals surface area contributed by atoms with Crippen LogP contribution in [0.2, 0.25) is 0 Å². The Labute approximate surface area is 108 Å². The van der Waals surface area contributed by atoms with Crippen LogP contribution in [-0.2, 0) is 12.6 Å². The van der Waals surface area contributed by atoms with Crippen LogP contribution < -0.4 is 5.73 Å². The third-order valence-electron chi connectivity index (χ3n) is 3.63. The van der Waals surface area contributed by atoms with Gasteiger partial charge in [0.05, 0.1) is 11.2 Å². The number of halogens is 3. The number of aromatic nitrogens is 2. The van der Waals surface area contributed by atoms with E-state index < -0.39 is 12.0 Å². The third kappa shape index (κ3) is 2.32. The first-order valence-electron chi connectivity index (χ1n) is 6.21. The van der Waals surface area contributed by atoms with Crippen molar-refractivity contribution in [1.29, 1.82) is 0 Å². The molecule has 2 aromatic rings. The maximum Gasteiger partial charge on any atom is 0.450 e. The first kappa shape index (κ1) is 12.5. The summed E-state index contributed by atoms with van der Waals surface area (Å²) >= 11 is 0. The molecule has 1 saturated carbocycles. The summed E-state index contributed by atoms with van der Waals surface area (Å²) in [7, 11) is 0. The van der Waals surface area contributed by atoms with Crippen molar-refractivity contribution >= 4 is 5.52 Å². The first-order chi connectivity index (χ1) is 8.89. The molecule has 1 fully saturated rings. The van der Waals surface area contributed by atoms with E-state index in [1.54, 1.807) is 18.2 Å². The van der Waals surface area contributed by atoms with Crippen molar-refractivity contribution in [3.63, 3.8) is 0 Å². The van der Waals surface area contributed by atoms with Crippen molar-refractivity contribution in [2.45, 2.75) is 37.4 Å². The van der Waals surface area contributed by atoms with Gasteiger partial charge in [0.1, 0.15) is 0 Å². The molecule has 2 heterocycles. The van der Waals surface area contributed by atoms with Crippen LogP contribution in [0.5, 0.6) is 0 Å². The van der Waals surface area contributed by atoms with Gasteiger partial charge in [-0.1, -0.05) is 6.07 Å². The van der Waals surface area contributed by atoms with E-state index in [-0.39, 0.29) is 5.54 Å². The van der Waals surface area contributed by atoms with Gasteiger partial charge >= 0.3 is 6.18 Å². The van der Waals surface area contributed by atoms with Crippen LogP contribution in [0.15, 0.2) is 24.4 Å². The Hall–Kier alpha value is -1.56. The van der Waals surface area contributed by atoms with Crippen molar-refractivity contribution in [2.75, 3.05) is 0 Å². The van der Waals surface area contributed by atoms with E-state index in [2.05, 4.69) is 4.98 Å². The second-order valence-corrected chi connectivity index (χ2v) is 5.20. The maximum absolute atomic E-state index is 12.9. The molecule has 102 valence electrons. The second kappa shape index (κ2) is 3.96. The van der Waals surface area contributed by atoms with E-state index in [0.29, 0.717) is 24.1 Å². The number of nitrogens with two attached hydrogens (primary N) is 1. The van der Waals surface area contributed by atoms with Crippen LogP contribution in [0.3, 0.4) is 0 Å². The van der Waals surface area contributed by atoms with Crippen molar-refractivity contribution in [3.8, 4) is 0 Å². The predicted molar refractivity (Wildman–Crippen MR) is 64.7 cm³/mol. The number of alkyl halides is 3. The van der Waals surface area contributed by atoms with E-state index >= 15 is 0 Å². The summed E-state index contributed by atoms with van der Waals surface area (Å²) in [6, 6.07) is 4.95. The molecule has 1 aliphatic rings. The summed E-state index contributed by atoms with van der Waals surface area (Å²) in [5, 5.41) is 0. The van der Waals surface area contributed by atoms with Crippen molar-refractivity contribution in [3.05, 3.63) is 35.9 Å². The highest BCUT2D eigenvalue weighted by Gasteiger charge is 2.39. The normalized spacial score (nSPS) is 17.9. The number of hydrogen-bond donors (Lipinski definition) is 1. The number of aryl methyl sites for hydroxylation is 1. The lowest BCUT2D eigenvalue weighted by Gasteiger charge is -2.06. The zero-order valence-corrected chi connectivity index (χ0v) is 10.2. The molecule has 0 unspecified atom stereocenters. The van der Waals surface area contributed by atoms with Crippen molar-refractivity contribution < 1.29 is 13.2 Å². The van der Waals surface area contributed by atoms with Gasteiger partial charge in [-0.05, 0) is 37.8 Å². The second-order valence-electron chi connectivity index (χ2n) is 5.20. The van der Waals surface area contributed by atoms with Crippen molar-refractivity contribution in [2.24, 2.45) is 5.73 Å². The van der Waals surface area contributed by atoms with E-state index in [4.69, 9.17) is 5.73 Å². The molecule has 0 radical (unpaired) electrons. The van der Waals surface area contributed by atoms with E-state index in [1.165, 1.54) is 6.20 Å². The number of hydrogen-bond acceptors (Lipinski definition) is 2. The highest BCUT2D eigenvalue weighted by molar-refractivity contribution is 5.53. The predicted octanol–water partition coefficient (Wildman–Crippen LogP) is 2.78. The zero-order chi connectivity index (χ0) is 13.7. The Kier molecular flexibility index (Phi) is 2.60. The van der Waals surface area contributed by atoms with Crippen LogP contribution >= 0.6 is 0 Å². The molecule has 2 N–H and O–H groups in total. The SMILES string of the molecule is NC1(CCc2nc(C(F)(F)F)n3ccccc23)CC1. The van der Waals surface area contributed by atoms with Gasteiger partial charge in [-0.3, -0.25) is 4.40 Å². The topological polar surface area (TPSA) is 43.3 Å². The smallest absolute Gasteiger partial charge is 0.325 e. The number of pyridine rings is 1. The number of nitrogens with zero attached hydrogens (tertiary/aromatic N) is 2. The average molecular weight is 269 g/mol. The van der Waals surface area contributed by atoms with Gasteiger partial charge in [-0.2, -0.15) is 13.2 Å². The standard InChI is InChI=1S/C13H14F3N3/c14-13(15,16)11-18-9(4-5-12(17)6-7-12)10-3-1-2-8-19(10)11/h1-3,8H,4-7,17H2. The molecule has 0 aromatic carbocycles. The van der Waals surface area contributed by atoms with Crippen LogP contribution in [0.25, 0.3) is 5.52 Å². The molecule has 1 aliphatic carbocycles. The quantitative estimate of drug-likeness (QED) is 0.931. The number of imidazole rings is 1. The van der Waals surface area contributed by atoms with Crippen LogP contribution in [0, 0.1) is 0 Å². The van der Waals surface area contributed by atoms with Gasteiger partial charge in [0, 0.05) is 11.7 Å². The molecule has 3 rings (SSSR count). The highest BCUT2D eigenvalue weighted by atomic mass is 19.4. The molecule has 0 amide bonds. The number of fused-ring (bicyclic) bond motifs is 1. The maximum atomic E-state index is 12.9. The van der Waals surface area contributed by atoms with Gasteiger partial charge in [0.15, 0.2) is 0 Å². The lowest BCUT2D eigenvalue weighted by molar-refractivity contribution is -0.145. The largest absolute Gasteiger partial charge is 0.450 e. The molecular formula is C13H14F3N3. The monoisotopic (exact) mass is 269 g/mol. The minimum atomic E-state index is -4.44. The molecule has 0 aliphatic heterocycles. The average Bonchev–Trinajstić information content (AvgIpc) is 2.96. The summed E-state index contributed by atoms with van der Waals surface area (Å²) in [6.07, 6.45) is 0.0221. The van der Waals surface area contributed by atoms with Crippen LogP contribution in [-0.4, -0.2) is 14.9 Å². The lowest BCUT2D eigenvalue weighted by atomic mass is 10.1. The minimum absolute atomic E-state index is 0.177. The van der Waals surface area contributed by atoms with Gasteiger partial charge in [0.2, 0.25) is 5.82 Å². The van der Waals surface area contributed by atoms with E-state index in [1.807, 2.05) is 0 Å². The fourth-order valence-corrected chi connectivity index (χ4v) is 2.26.